The Morgan fingerprint density at radius 2 is 2.26 bits per heavy atom. The van der Waals surface area contributed by atoms with Gasteiger partial charge in [0.1, 0.15) is 5.52 Å². The van der Waals surface area contributed by atoms with Gasteiger partial charge in [0.2, 0.25) is 0 Å². The first-order chi connectivity index (χ1) is 9.22. The van der Waals surface area contributed by atoms with Gasteiger partial charge >= 0.3 is 0 Å². The second-order valence-corrected chi connectivity index (χ2v) is 5.49. The summed E-state index contributed by atoms with van der Waals surface area (Å²) in [7, 11) is 0. The minimum absolute atomic E-state index is 0.839. The summed E-state index contributed by atoms with van der Waals surface area (Å²) in [5.41, 5.74) is 10.2. The Kier molecular flexibility index (Phi) is 2.98. The van der Waals surface area contributed by atoms with Gasteiger partial charge in [-0.1, -0.05) is 6.92 Å². The number of rotatable bonds is 3. The van der Waals surface area contributed by atoms with Crippen LogP contribution >= 0.6 is 11.3 Å². The maximum atomic E-state index is 6.16. The van der Waals surface area contributed by atoms with Gasteiger partial charge in [0.25, 0.3) is 0 Å². The van der Waals surface area contributed by atoms with Crippen LogP contribution < -0.4 is 5.73 Å². The molecule has 0 radical (unpaired) electrons. The third-order valence-electron chi connectivity index (χ3n) is 3.22. The third kappa shape index (κ3) is 1.90. The summed E-state index contributed by atoms with van der Waals surface area (Å²) in [6, 6.07) is 2.01. The predicted octanol–water partition coefficient (Wildman–Crippen LogP) is 3.46. The van der Waals surface area contributed by atoms with Crippen molar-refractivity contribution in [3.05, 3.63) is 29.4 Å². The molecular formula is C14H16N4S. The zero-order valence-electron chi connectivity index (χ0n) is 11.1. The summed E-state index contributed by atoms with van der Waals surface area (Å²) in [6.45, 7) is 5.13. The number of aromatic nitrogens is 3. The molecule has 0 amide bonds. The van der Waals surface area contributed by atoms with E-state index in [4.69, 9.17) is 10.7 Å². The predicted molar refractivity (Wildman–Crippen MR) is 80.3 cm³/mol. The number of thiophene rings is 1. The molecule has 0 spiro atoms. The standard InChI is InChI=1S/C14H16N4S/c1-3-6-18-11-4-5-16-7-10(11)17-14(18)13-12(15)9(2)8-19-13/h4-5,7-8H,3,6,15H2,1-2H3. The molecule has 0 aliphatic heterocycles. The first-order valence-electron chi connectivity index (χ1n) is 6.36. The number of pyridine rings is 1. The van der Waals surface area contributed by atoms with E-state index in [0.29, 0.717) is 0 Å². The molecule has 3 aromatic heterocycles. The average molecular weight is 272 g/mol. The van der Waals surface area contributed by atoms with Gasteiger partial charge in [0.05, 0.1) is 22.3 Å². The molecule has 0 atom stereocenters. The number of aryl methyl sites for hydroxylation is 2. The van der Waals surface area contributed by atoms with Gasteiger partial charge < -0.3 is 10.3 Å². The minimum Gasteiger partial charge on any atom is -0.397 e. The second-order valence-electron chi connectivity index (χ2n) is 4.61. The lowest BCUT2D eigenvalue weighted by molar-refractivity contribution is 0.705. The summed E-state index contributed by atoms with van der Waals surface area (Å²) in [5, 5.41) is 2.08. The molecule has 0 unspecified atom stereocenters. The molecule has 0 fully saturated rings. The molecule has 0 saturated carbocycles. The highest BCUT2D eigenvalue weighted by atomic mass is 32.1. The number of anilines is 1. The van der Waals surface area contributed by atoms with Crippen molar-refractivity contribution in [2.24, 2.45) is 0 Å². The lowest BCUT2D eigenvalue weighted by Crippen LogP contribution is -2.00. The molecule has 0 aliphatic carbocycles. The van der Waals surface area contributed by atoms with Crippen molar-refractivity contribution in [1.29, 1.82) is 0 Å². The summed E-state index contributed by atoms with van der Waals surface area (Å²) < 4.78 is 2.23. The molecule has 3 heterocycles. The monoisotopic (exact) mass is 272 g/mol. The van der Waals surface area contributed by atoms with Crippen LogP contribution in [-0.2, 0) is 6.54 Å². The normalized spacial score (nSPS) is 11.3. The lowest BCUT2D eigenvalue weighted by atomic mass is 10.2. The molecule has 0 saturated heterocycles. The fourth-order valence-electron chi connectivity index (χ4n) is 2.23. The van der Waals surface area contributed by atoms with E-state index in [1.807, 2.05) is 25.4 Å². The molecule has 3 rings (SSSR count). The quantitative estimate of drug-likeness (QED) is 0.794. The first-order valence-corrected chi connectivity index (χ1v) is 7.24. The molecule has 3 aromatic rings. The summed E-state index contributed by atoms with van der Waals surface area (Å²) in [5.74, 6) is 0.959. The van der Waals surface area contributed by atoms with E-state index in [1.165, 1.54) is 0 Å². The largest absolute Gasteiger partial charge is 0.397 e. The van der Waals surface area contributed by atoms with Crippen molar-refractivity contribution in [2.45, 2.75) is 26.8 Å². The van der Waals surface area contributed by atoms with Crippen molar-refractivity contribution in [3.63, 3.8) is 0 Å². The Morgan fingerprint density at radius 1 is 1.42 bits per heavy atom. The topological polar surface area (TPSA) is 56.7 Å². The zero-order valence-corrected chi connectivity index (χ0v) is 11.9. The van der Waals surface area contributed by atoms with Gasteiger partial charge in [0, 0.05) is 12.7 Å². The van der Waals surface area contributed by atoms with Gasteiger partial charge in [-0.2, -0.15) is 0 Å². The van der Waals surface area contributed by atoms with Crippen molar-refractivity contribution in [2.75, 3.05) is 5.73 Å². The number of fused-ring (bicyclic) bond motifs is 1. The molecule has 19 heavy (non-hydrogen) atoms. The van der Waals surface area contributed by atoms with Crippen LogP contribution in [0.15, 0.2) is 23.8 Å². The van der Waals surface area contributed by atoms with Crippen molar-refractivity contribution < 1.29 is 0 Å². The van der Waals surface area contributed by atoms with Gasteiger partial charge in [-0.15, -0.1) is 11.3 Å². The molecular weight excluding hydrogens is 256 g/mol. The summed E-state index contributed by atoms with van der Waals surface area (Å²) >= 11 is 1.66. The summed E-state index contributed by atoms with van der Waals surface area (Å²) in [6.07, 6.45) is 4.68. The van der Waals surface area contributed by atoms with Crippen molar-refractivity contribution >= 4 is 28.1 Å². The van der Waals surface area contributed by atoms with Gasteiger partial charge in [-0.05, 0) is 30.4 Å². The van der Waals surface area contributed by atoms with Gasteiger partial charge in [-0.25, -0.2) is 4.98 Å². The number of nitrogens with zero attached hydrogens (tertiary/aromatic N) is 3. The van der Waals surface area contributed by atoms with Crippen LogP contribution in [0.25, 0.3) is 21.7 Å². The fourth-order valence-corrected chi connectivity index (χ4v) is 3.20. The van der Waals surface area contributed by atoms with E-state index in [9.17, 15) is 0 Å². The van der Waals surface area contributed by atoms with Crippen LogP contribution in [0.3, 0.4) is 0 Å². The Morgan fingerprint density at radius 3 is 2.95 bits per heavy atom. The number of hydrogen-bond acceptors (Lipinski definition) is 4. The van der Waals surface area contributed by atoms with E-state index < -0.39 is 0 Å². The highest BCUT2D eigenvalue weighted by molar-refractivity contribution is 7.14. The van der Waals surface area contributed by atoms with Crippen LogP contribution in [0, 0.1) is 6.92 Å². The van der Waals surface area contributed by atoms with E-state index in [-0.39, 0.29) is 0 Å². The van der Waals surface area contributed by atoms with E-state index >= 15 is 0 Å². The molecule has 0 bridgehead atoms. The molecule has 0 aromatic carbocycles. The van der Waals surface area contributed by atoms with Crippen LogP contribution in [0.1, 0.15) is 18.9 Å². The molecule has 2 N–H and O–H groups in total. The van der Waals surface area contributed by atoms with E-state index in [0.717, 1.165) is 46.0 Å². The Labute approximate surface area is 115 Å². The average Bonchev–Trinajstić information content (AvgIpc) is 2.93. The van der Waals surface area contributed by atoms with Crippen LogP contribution in [0.4, 0.5) is 5.69 Å². The van der Waals surface area contributed by atoms with Gasteiger partial charge in [0.15, 0.2) is 5.82 Å². The third-order valence-corrected chi connectivity index (χ3v) is 4.33. The molecule has 4 nitrogen and oxygen atoms in total. The van der Waals surface area contributed by atoms with Crippen LogP contribution in [0.5, 0.6) is 0 Å². The van der Waals surface area contributed by atoms with Gasteiger partial charge in [-0.3, -0.25) is 4.98 Å². The van der Waals surface area contributed by atoms with Crippen LogP contribution in [0.2, 0.25) is 0 Å². The minimum atomic E-state index is 0.839. The lowest BCUT2D eigenvalue weighted by Gasteiger charge is -2.07. The second kappa shape index (κ2) is 4.66. The molecule has 5 heteroatoms. The Bertz CT molecular complexity index is 726. The van der Waals surface area contributed by atoms with Crippen molar-refractivity contribution in [1.82, 2.24) is 14.5 Å². The molecule has 0 aliphatic rings. The maximum Gasteiger partial charge on any atom is 0.153 e. The smallest absolute Gasteiger partial charge is 0.153 e. The maximum absolute atomic E-state index is 6.16. The number of nitrogen functional groups attached to an aromatic ring is 1. The fraction of sp³-hybridized carbons (Fsp3) is 0.286. The van der Waals surface area contributed by atoms with E-state index in [2.05, 4.69) is 21.9 Å². The molecule has 98 valence electrons. The highest BCUT2D eigenvalue weighted by Crippen LogP contribution is 2.35. The number of nitrogens with two attached hydrogens (primary N) is 1. The van der Waals surface area contributed by atoms with Crippen molar-refractivity contribution in [3.8, 4) is 10.7 Å². The van der Waals surface area contributed by atoms with Crippen LogP contribution in [-0.4, -0.2) is 14.5 Å². The summed E-state index contributed by atoms with van der Waals surface area (Å²) in [4.78, 5) is 9.91. The highest BCUT2D eigenvalue weighted by Gasteiger charge is 2.16. The Balaban J connectivity index is 2.28. The number of imidazole rings is 1. The number of hydrogen-bond donors (Lipinski definition) is 1. The zero-order chi connectivity index (χ0) is 13.4. The van der Waals surface area contributed by atoms with E-state index in [1.54, 1.807) is 11.3 Å². The Hall–Kier alpha value is -1.88. The SMILES string of the molecule is CCCn1c(-c2scc(C)c2N)nc2cnccc21. The first kappa shape index (κ1) is 12.2.